The van der Waals surface area contributed by atoms with Crippen LogP contribution in [0.5, 0.6) is 0 Å². The van der Waals surface area contributed by atoms with Crippen LogP contribution < -0.4 is 5.32 Å². The lowest BCUT2D eigenvalue weighted by Crippen LogP contribution is -2.31. The largest absolute Gasteiger partial charge is 0.314 e. The summed E-state index contributed by atoms with van der Waals surface area (Å²) in [5.74, 6) is 0. The Bertz CT molecular complexity index is 309. The Morgan fingerprint density at radius 2 is 2.12 bits per heavy atom. The minimum absolute atomic E-state index is 0.412. The van der Waals surface area contributed by atoms with Crippen molar-refractivity contribution in [3.63, 3.8) is 0 Å². The van der Waals surface area contributed by atoms with Crippen molar-refractivity contribution in [2.75, 3.05) is 6.54 Å². The van der Waals surface area contributed by atoms with Crippen LogP contribution in [-0.2, 0) is 6.42 Å². The van der Waals surface area contributed by atoms with Crippen molar-refractivity contribution in [3.8, 4) is 0 Å². The molecule has 3 heteroatoms. The van der Waals surface area contributed by atoms with Crippen molar-refractivity contribution in [2.45, 2.75) is 53.5 Å². The zero-order valence-corrected chi connectivity index (χ0v) is 11.2. The Morgan fingerprint density at radius 3 is 2.62 bits per heavy atom. The molecule has 0 aliphatic carbocycles. The first kappa shape index (κ1) is 13.2. The third-order valence-electron chi connectivity index (χ3n) is 2.64. The molecule has 0 saturated heterocycles. The molecule has 16 heavy (non-hydrogen) atoms. The number of hydrogen-bond acceptors (Lipinski definition) is 2. The number of aryl methyl sites for hydroxylation is 1. The first-order chi connectivity index (χ1) is 7.37. The van der Waals surface area contributed by atoms with Gasteiger partial charge in [0.25, 0.3) is 0 Å². The third-order valence-corrected chi connectivity index (χ3v) is 2.64. The predicted octanol–water partition coefficient (Wildman–Crippen LogP) is 2.67. The molecule has 1 rings (SSSR count). The number of aromatic nitrogens is 2. The molecule has 0 fully saturated rings. The molecule has 92 valence electrons. The quantitative estimate of drug-likeness (QED) is 0.805. The van der Waals surface area contributed by atoms with Crippen molar-refractivity contribution in [3.05, 3.63) is 17.5 Å². The monoisotopic (exact) mass is 223 g/mol. The minimum atomic E-state index is 0.412. The Kier molecular flexibility index (Phi) is 4.54. The van der Waals surface area contributed by atoms with Crippen molar-refractivity contribution < 1.29 is 0 Å². The summed E-state index contributed by atoms with van der Waals surface area (Å²) >= 11 is 0. The lowest BCUT2D eigenvalue weighted by atomic mass is 9.92. The Hall–Kier alpha value is -0.830. The highest BCUT2D eigenvalue weighted by atomic mass is 15.1. The van der Waals surface area contributed by atoms with Crippen molar-refractivity contribution in [1.29, 1.82) is 0 Å². The van der Waals surface area contributed by atoms with Crippen LogP contribution in [0.2, 0.25) is 0 Å². The number of rotatable bonds is 5. The van der Waals surface area contributed by atoms with Crippen molar-refractivity contribution in [2.24, 2.45) is 5.41 Å². The average molecular weight is 223 g/mol. The number of nitrogens with zero attached hydrogens (tertiary/aromatic N) is 1. The molecule has 0 aliphatic heterocycles. The van der Waals surface area contributed by atoms with Gasteiger partial charge < -0.3 is 5.32 Å². The van der Waals surface area contributed by atoms with E-state index >= 15 is 0 Å². The highest BCUT2D eigenvalue weighted by Crippen LogP contribution is 2.17. The van der Waals surface area contributed by atoms with Gasteiger partial charge in [0.1, 0.15) is 0 Å². The first-order valence-electron chi connectivity index (χ1n) is 6.11. The lowest BCUT2D eigenvalue weighted by molar-refractivity contribution is 0.356. The smallest absolute Gasteiger partial charge is 0.0640 e. The van der Waals surface area contributed by atoms with E-state index in [9.17, 15) is 0 Å². The van der Waals surface area contributed by atoms with Crippen LogP contribution in [0.25, 0.3) is 0 Å². The topological polar surface area (TPSA) is 40.7 Å². The number of aromatic amines is 1. The summed E-state index contributed by atoms with van der Waals surface area (Å²) in [5.41, 5.74) is 2.69. The van der Waals surface area contributed by atoms with Gasteiger partial charge in [-0.3, -0.25) is 5.10 Å². The van der Waals surface area contributed by atoms with Crippen LogP contribution in [0.15, 0.2) is 6.07 Å². The Balaban J connectivity index is 2.23. The third kappa shape index (κ3) is 5.31. The van der Waals surface area contributed by atoms with Crippen LogP contribution in [0, 0.1) is 12.3 Å². The fourth-order valence-electron chi connectivity index (χ4n) is 1.66. The number of hydrogen-bond donors (Lipinski definition) is 2. The fraction of sp³-hybridized carbons (Fsp3) is 0.769. The first-order valence-corrected chi connectivity index (χ1v) is 6.11. The van der Waals surface area contributed by atoms with Gasteiger partial charge in [0.15, 0.2) is 0 Å². The lowest BCUT2D eigenvalue weighted by Gasteiger charge is -2.20. The van der Waals surface area contributed by atoms with Gasteiger partial charge in [0.05, 0.1) is 5.69 Å². The molecule has 3 nitrogen and oxygen atoms in total. The van der Waals surface area contributed by atoms with Gasteiger partial charge in [-0.25, -0.2) is 0 Å². The zero-order chi connectivity index (χ0) is 12.2. The van der Waals surface area contributed by atoms with Gasteiger partial charge >= 0.3 is 0 Å². The summed E-state index contributed by atoms with van der Waals surface area (Å²) in [5, 5.41) is 10.8. The summed E-state index contributed by atoms with van der Waals surface area (Å²) in [4.78, 5) is 0. The maximum atomic E-state index is 4.25. The van der Waals surface area contributed by atoms with Crippen LogP contribution in [0.4, 0.5) is 0 Å². The molecular formula is C13H25N3. The SMILES string of the molecule is Cc1cc(CC(C)NCCC(C)(C)C)n[nH]1. The molecule has 2 N–H and O–H groups in total. The molecule has 1 aromatic heterocycles. The van der Waals surface area contributed by atoms with E-state index in [1.807, 2.05) is 6.92 Å². The molecule has 0 radical (unpaired) electrons. The highest BCUT2D eigenvalue weighted by Gasteiger charge is 2.11. The van der Waals surface area contributed by atoms with Crippen LogP contribution in [0.1, 0.15) is 45.5 Å². The van der Waals surface area contributed by atoms with E-state index in [0.29, 0.717) is 11.5 Å². The summed E-state index contributed by atoms with van der Waals surface area (Å²) < 4.78 is 0. The normalized spacial score (nSPS) is 14.1. The Morgan fingerprint density at radius 1 is 1.44 bits per heavy atom. The predicted molar refractivity (Wildman–Crippen MR) is 68.6 cm³/mol. The molecule has 1 heterocycles. The Labute approximate surface area is 99.0 Å². The minimum Gasteiger partial charge on any atom is -0.314 e. The summed E-state index contributed by atoms with van der Waals surface area (Å²) in [6.07, 6.45) is 2.20. The maximum Gasteiger partial charge on any atom is 0.0640 e. The van der Waals surface area contributed by atoms with Gasteiger partial charge in [0.2, 0.25) is 0 Å². The van der Waals surface area contributed by atoms with E-state index < -0.39 is 0 Å². The second-order valence-corrected chi connectivity index (χ2v) is 5.91. The van der Waals surface area contributed by atoms with E-state index in [-0.39, 0.29) is 0 Å². The highest BCUT2D eigenvalue weighted by molar-refractivity contribution is 5.07. The van der Waals surface area contributed by atoms with Crippen molar-refractivity contribution >= 4 is 0 Å². The summed E-state index contributed by atoms with van der Waals surface area (Å²) in [7, 11) is 0. The summed E-state index contributed by atoms with van der Waals surface area (Å²) in [6, 6.07) is 2.60. The molecule has 1 aromatic rings. The second-order valence-electron chi connectivity index (χ2n) is 5.91. The van der Waals surface area contributed by atoms with Gasteiger partial charge in [0, 0.05) is 18.2 Å². The number of nitrogens with one attached hydrogen (secondary N) is 2. The van der Waals surface area contributed by atoms with E-state index in [0.717, 1.165) is 24.4 Å². The molecule has 0 aromatic carbocycles. The molecule has 0 spiro atoms. The van der Waals surface area contributed by atoms with Gasteiger partial charge in [-0.05, 0) is 38.3 Å². The molecule has 1 atom stereocenters. The molecule has 0 aliphatic rings. The second kappa shape index (κ2) is 5.48. The van der Waals surface area contributed by atoms with E-state index in [1.54, 1.807) is 0 Å². The fourth-order valence-corrected chi connectivity index (χ4v) is 1.66. The average Bonchev–Trinajstić information content (AvgIpc) is 2.48. The molecule has 0 amide bonds. The van der Waals surface area contributed by atoms with E-state index in [4.69, 9.17) is 0 Å². The molecular weight excluding hydrogens is 198 g/mol. The van der Waals surface area contributed by atoms with Gasteiger partial charge in [-0.1, -0.05) is 20.8 Å². The molecule has 0 bridgehead atoms. The van der Waals surface area contributed by atoms with E-state index in [2.05, 4.69) is 49.3 Å². The standard InChI is InChI=1S/C13H25N3/c1-10(14-7-6-13(3,4)5)8-12-9-11(2)15-16-12/h9-10,14H,6-8H2,1-5H3,(H,15,16). The van der Waals surface area contributed by atoms with Crippen molar-refractivity contribution in [1.82, 2.24) is 15.5 Å². The van der Waals surface area contributed by atoms with Crippen LogP contribution in [0.3, 0.4) is 0 Å². The van der Waals surface area contributed by atoms with Crippen LogP contribution >= 0.6 is 0 Å². The maximum absolute atomic E-state index is 4.25. The summed E-state index contributed by atoms with van der Waals surface area (Å²) in [6.45, 7) is 12.2. The number of H-pyrrole nitrogens is 1. The molecule has 1 unspecified atom stereocenters. The van der Waals surface area contributed by atoms with Crippen LogP contribution in [-0.4, -0.2) is 22.8 Å². The van der Waals surface area contributed by atoms with Gasteiger partial charge in [-0.15, -0.1) is 0 Å². The van der Waals surface area contributed by atoms with Gasteiger partial charge in [-0.2, -0.15) is 5.10 Å². The van der Waals surface area contributed by atoms with E-state index in [1.165, 1.54) is 6.42 Å². The zero-order valence-electron chi connectivity index (χ0n) is 11.2. The molecule has 0 saturated carbocycles.